The lowest BCUT2D eigenvalue weighted by Crippen LogP contribution is -2.25. The number of aryl methyl sites for hydroxylation is 1. The molecule has 21 heavy (non-hydrogen) atoms. The van der Waals surface area contributed by atoms with Crippen LogP contribution in [-0.4, -0.2) is 25.3 Å². The molecule has 0 atom stereocenters. The maximum Gasteiger partial charge on any atom is 0.251 e. The monoisotopic (exact) mass is 321 g/mol. The van der Waals surface area contributed by atoms with Crippen molar-refractivity contribution in [1.29, 1.82) is 0 Å². The number of methoxy groups -OCH3 is 1. The summed E-state index contributed by atoms with van der Waals surface area (Å²) in [5, 5.41) is 7.18. The molecule has 0 radical (unpaired) electrons. The molecule has 0 saturated heterocycles. The Morgan fingerprint density at radius 1 is 1.38 bits per heavy atom. The second kappa shape index (κ2) is 8.10. The minimum Gasteiger partial charge on any atom is -0.496 e. The second-order valence-electron chi connectivity index (χ2n) is 4.62. The summed E-state index contributed by atoms with van der Waals surface area (Å²) in [7, 11) is 1.62. The number of benzene rings is 1. The van der Waals surface area contributed by atoms with Crippen molar-refractivity contribution in [2.24, 2.45) is 0 Å². The Morgan fingerprint density at radius 3 is 2.95 bits per heavy atom. The third-order valence-electron chi connectivity index (χ3n) is 3.05. The van der Waals surface area contributed by atoms with Crippen molar-refractivity contribution in [2.45, 2.75) is 12.7 Å². The van der Waals surface area contributed by atoms with Gasteiger partial charge in [0.1, 0.15) is 5.75 Å². The van der Waals surface area contributed by atoms with E-state index < -0.39 is 0 Å². The van der Waals surface area contributed by atoms with Crippen LogP contribution in [0.5, 0.6) is 5.75 Å². The second-order valence-corrected chi connectivity index (χ2v) is 6.51. The van der Waals surface area contributed by atoms with Crippen molar-refractivity contribution in [1.82, 2.24) is 5.32 Å². The van der Waals surface area contributed by atoms with Gasteiger partial charge in [0.15, 0.2) is 0 Å². The Bertz CT molecular complexity index is 582. The van der Waals surface area contributed by atoms with Gasteiger partial charge in [-0.1, -0.05) is 6.07 Å². The zero-order chi connectivity index (χ0) is 15.1. The summed E-state index contributed by atoms with van der Waals surface area (Å²) in [5.41, 5.74) is 3.01. The first kappa shape index (κ1) is 15.9. The van der Waals surface area contributed by atoms with Crippen molar-refractivity contribution < 1.29 is 9.53 Å². The summed E-state index contributed by atoms with van der Waals surface area (Å²) in [4.78, 5) is 12.0. The van der Waals surface area contributed by atoms with Gasteiger partial charge < -0.3 is 10.1 Å². The molecule has 2 aromatic rings. The number of thioether (sulfide) groups is 1. The van der Waals surface area contributed by atoms with E-state index in [-0.39, 0.29) is 5.91 Å². The number of hydrogen-bond acceptors (Lipinski definition) is 4. The topological polar surface area (TPSA) is 38.3 Å². The quantitative estimate of drug-likeness (QED) is 0.790. The van der Waals surface area contributed by atoms with E-state index >= 15 is 0 Å². The molecule has 3 nitrogen and oxygen atoms in total. The Hall–Kier alpha value is -1.46. The molecule has 112 valence electrons. The summed E-state index contributed by atoms with van der Waals surface area (Å²) in [5.74, 6) is 2.60. The molecule has 0 bridgehead atoms. The van der Waals surface area contributed by atoms with Crippen LogP contribution in [0.25, 0.3) is 0 Å². The lowest BCUT2D eigenvalue weighted by Gasteiger charge is -2.08. The molecule has 0 aliphatic carbocycles. The van der Waals surface area contributed by atoms with Crippen LogP contribution in [-0.2, 0) is 5.75 Å². The van der Waals surface area contributed by atoms with Gasteiger partial charge in [-0.3, -0.25) is 4.79 Å². The molecule has 1 heterocycles. The van der Waals surface area contributed by atoms with Crippen molar-refractivity contribution in [3.63, 3.8) is 0 Å². The van der Waals surface area contributed by atoms with Crippen molar-refractivity contribution >= 4 is 29.0 Å². The number of ether oxygens (including phenoxy) is 1. The molecule has 0 spiro atoms. The number of carbonyl (C=O) groups excluding carboxylic acids is 1. The van der Waals surface area contributed by atoms with Gasteiger partial charge in [0, 0.05) is 23.6 Å². The zero-order valence-corrected chi connectivity index (χ0v) is 13.9. The number of rotatable bonds is 7. The molecule has 1 amide bonds. The predicted octanol–water partition coefficient (Wildman–Crippen LogP) is 3.73. The van der Waals surface area contributed by atoms with Crippen LogP contribution < -0.4 is 10.1 Å². The summed E-state index contributed by atoms with van der Waals surface area (Å²) >= 11 is 3.54. The first-order valence-electron chi connectivity index (χ1n) is 6.72. The van der Waals surface area contributed by atoms with Crippen LogP contribution in [0.1, 0.15) is 21.5 Å². The van der Waals surface area contributed by atoms with Gasteiger partial charge in [-0.15, -0.1) is 0 Å². The molecule has 0 fully saturated rings. The molecule has 0 aliphatic heterocycles. The number of thiophene rings is 1. The Labute approximate surface area is 133 Å². The van der Waals surface area contributed by atoms with E-state index in [1.165, 1.54) is 5.56 Å². The number of carbonyl (C=O) groups is 1. The minimum atomic E-state index is -0.0515. The van der Waals surface area contributed by atoms with E-state index in [9.17, 15) is 4.79 Å². The fourth-order valence-electron chi connectivity index (χ4n) is 1.86. The smallest absolute Gasteiger partial charge is 0.251 e. The van der Waals surface area contributed by atoms with Crippen LogP contribution in [0.3, 0.4) is 0 Å². The minimum absolute atomic E-state index is 0.0515. The van der Waals surface area contributed by atoms with Crippen molar-refractivity contribution in [3.8, 4) is 5.75 Å². The highest BCUT2D eigenvalue weighted by molar-refractivity contribution is 7.98. The van der Waals surface area contributed by atoms with E-state index in [0.717, 1.165) is 22.8 Å². The average Bonchev–Trinajstić information content (AvgIpc) is 3.00. The molecule has 5 heteroatoms. The fraction of sp³-hybridized carbons (Fsp3) is 0.312. The SMILES string of the molecule is COc1cc(C(=O)NCCSCc2ccsc2)ccc1C. The summed E-state index contributed by atoms with van der Waals surface area (Å²) < 4.78 is 5.24. The van der Waals surface area contributed by atoms with Gasteiger partial charge in [-0.2, -0.15) is 23.1 Å². The number of amides is 1. The first-order chi connectivity index (χ1) is 10.2. The third kappa shape index (κ3) is 4.79. The van der Waals surface area contributed by atoms with Crippen LogP contribution in [0, 0.1) is 6.92 Å². The van der Waals surface area contributed by atoms with Crippen LogP contribution in [0.15, 0.2) is 35.0 Å². The first-order valence-corrected chi connectivity index (χ1v) is 8.82. The predicted molar refractivity (Wildman–Crippen MR) is 90.5 cm³/mol. The molecule has 1 aromatic heterocycles. The van der Waals surface area contributed by atoms with Gasteiger partial charge in [0.25, 0.3) is 5.91 Å². The van der Waals surface area contributed by atoms with E-state index in [1.807, 2.05) is 30.8 Å². The Morgan fingerprint density at radius 2 is 2.24 bits per heavy atom. The standard InChI is InChI=1S/C16H19NO2S2/c1-12-3-4-14(9-15(12)19-2)16(18)17-6-8-21-11-13-5-7-20-10-13/h3-5,7,9-10H,6,8,11H2,1-2H3,(H,17,18). The molecule has 0 aliphatic rings. The maximum atomic E-state index is 12.0. The van der Waals surface area contributed by atoms with Gasteiger partial charge in [-0.05, 0) is 47.0 Å². The molecule has 2 rings (SSSR count). The van der Waals surface area contributed by atoms with Crippen LogP contribution >= 0.6 is 23.1 Å². The van der Waals surface area contributed by atoms with E-state index in [1.54, 1.807) is 24.5 Å². The summed E-state index contributed by atoms with van der Waals surface area (Å²) in [6, 6.07) is 7.64. The average molecular weight is 321 g/mol. The van der Waals surface area contributed by atoms with Gasteiger partial charge >= 0.3 is 0 Å². The highest BCUT2D eigenvalue weighted by Crippen LogP contribution is 2.19. The third-order valence-corrected chi connectivity index (χ3v) is 4.81. The summed E-state index contributed by atoms with van der Waals surface area (Å²) in [6.45, 7) is 2.63. The molecule has 1 aromatic carbocycles. The van der Waals surface area contributed by atoms with Crippen molar-refractivity contribution in [2.75, 3.05) is 19.4 Å². The van der Waals surface area contributed by atoms with Gasteiger partial charge in [0.2, 0.25) is 0 Å². The highest BCUT2D eigenvalue weighted by atomic mass is 32.2. The van der Waals surface area contributed by atoms with E-state index in [2.05, 4.69) is 22.1 Å². The van der Waals surface area contributed by atoms with E-state index in [4.69, 9.17) is 4.74 Å². The maximum absolute atomic E-state index is 12.0. The molecular weight excluding hydrogens is 302 g/mol. The summed E-state index contributed by atoms with van der Waals surface area (Å²) in [6.07, 6.45) is 0. The Kier molecular flexibility index (Phi) is 6.14. The zero-order valence-electron chi connectivity index (χ0n) is 12.2. The lowest BCUT2D eigenvalue weighted by atomic mass is 10.1. The van der Waals surface area contributed by atoms with Gasteiger partial charge in [-0.25, -0.2) is 0 Å². The van der Waals surface area contributed by atoms with Crippen LogP contribution in [0.4, 0.5) is 0 Å². The van der Waals surface area contributed by atoms with Crippen LogP contribution in [0.2, 0.25) is 0 Å². The molecule has 0 saturated carbocycles. The van der Waals surface area contributed by atoms with Crippen molar-refractivity contribution in [3.05, 3.63) is 51.7 Å². The molecule has 1 N–H and O–H groups in total. The molecule has 0 unspecified atom stereocenters. The van der Waals surface area contributed by atoms with E-state index in [0.29, 0.717) is 12.1 Å². The Balaban J connectivity index is 1.74. The van der Waals surface area contributed by atoms with Gasteiger partial charge in [0.05, 0.1) is 7.11 Å². The normalized spacial score (nSPS) is 10.4. The number of hydrogen-bond donors (Lipinski definition) is 1. The molecular formula is C16H19NO2S2. The highest BCUT2D eigenvalue weighted by Gasteiger charge is 2.07. The lowest BCUT2D eigenvalue weighted by molar-refractivity contribution is 0.0956. The largest absolute Gasteiger partial charge is 0.496 e. The number of nitrogens with one attached hydrogen (secondary N) is 1. The fourth-order valence-corrected chi connectivity index (χ4v) is 3.44.